The van der Waals surface area contributed by atoms with Gasteiger partial charge in [-0.2, -0.15) is 0 Å². The Balaban J connectivity index is 1.70. The molecule has 1 fully saturated rings. The van der Waals surface area contributed by atoms with Gasteiger partial charge in [-0.3, -0.25) is 4.79 Å². The van der Waals surface area contributed by atoms with E-state index >= 15 is 0 Å². The predicted molar refractivity (Wildman–Crippen MR) is 79.0 cm³/mol. The van der Waals surface area contributed by atoms with E-state index in [1.54, 1.807) is 12.1 Å². The van der Waals surface area contributed by atoms with Crippen LogP contribution in [0, 0.1) is 5.92 Å². The van der Waals surface area contributed by atoms with Gasteiger partial charge >= 0.3 is 0 Å². The van der Waals surface area contributed by atoms with Crippen molar-refractivity contribution in [2.45, 2.75) is 12.8 Å². The molecular weight excluding hydrogens is 324 g/mol. The number of nitrogens with zero attached hydrogens (tertiary/aromatic N) is 1. The highest BCUT2D eigenvalue weighted by atomic mass is 32.2. The largest absolute Gasteiger partial charge is 0.461 e. The number of carbonyl (C=O) groups is 1. The van der Waals surface area contributed by atoms with Gasteiger partial charge in [0.25, 0.3) is 5.91 Å². The molecule has 0 aromatic carbocycles. The summed E-state index contributed by atoms with van der Waals surface area (Å²) >= 11 is 0. The number of sulfonamides is 1. The van der Waals surface area contributed by atoms with Crippen LogP contribution in [0.4, 0.5) is 0 Å². The third kappa shape index (κ3) is 3.80. The van der Waals surface area contributed by atoms with E-state index in [1.807, 2.05) is 4.72 Å². The average Bonchev–Trinajstić information content (AvgIpc) is 3.18. The van der Waals surface area contributed by atoms with E-state index in [0.29, 0.717) is 31.8 Å². The van der Waals surface area contributed by atoms with Crippen molar-refractivity contribution in [3.63, 3.8) is 0 Å². The summed E-state index contributed by atoms with van der Waals surface area (Å²) in [6.45, 7) is 1.08. The molecule has 0 bridgehead atoms. The Kier molecular flexibility index (Phi) is 4.49. The van der Waals surface area contributed by atoms with Gasteiger partial charge in [-0.25, -0.2) is 18.1 Å². The number of ether oxygens (including phenoxy) is 1. The first-order valence-corrected chi connectivity index (χ1v) is 8.80. The van der Waals surface area contributed by atoms with Gasteiger partial charge in [0, 0.05) is 13.2 Å². The summed E-state index contributed by atoms with van der Waals surface area (Å²) in [7, 11) is -3.76. The Bertz CT molecular complexity index is 759. The second-order valence-corrected chi connectivity index (χ2v) is 7.04. The molecule has 3 rings (SSSR count). The fourth-order valence-electron chi connectivity index (χ4n) is 2.45. The van der Waals surface area contributed by atoms with Gasteiger partial charge in [0.1, 0.15) is 0 Å². The van der Waals surface area contributed by atoms with Crippen molar-refractivity contribution < 1.29 is 26.8 Å². The third-order valence-electron chi connectivity index (χ3n) is 3.57. The first-order valence-electron chi connectivity index (χ1n) is 7.15. The monoisotopic (exact) mass is 340 g/mol. The van der Waals surface area contributed by atoms with E-state index < -0.39 is 15.9 Å². The molecule has 3 heterocycles. The summed E-state index contributed by atoms with van der Waals surface area (Å²) in [6, 6.07) is 3.22. The minimum Gasteiger partial charge on any atom is -0.461 e. The highest BCUT2D eigenvalue weighted by Gasteiger charge is 2.27. The summed E-state index contributed by atoms with van der Waals surface area (Å²) in [5, 5.41) is 0. The maximum atomic E-state index is 12.2. The lowest BCUT2D eigenvalue weighted by molar-refractivity contribution is 0.0722. The summed E-state index contributed by atoms with van der Waals surface area (Å²) < 4.78 is 41.8. The summed E-state index contributed by atoms with van der Waals surface area (Å²) in [4.78, 5) is 16.0. The maximum Gasteiger partial charge on any atom is 0.287 e. The predicted octanol–water partition coefficient (Wildman–Crippen LogP) is 1.42. The van der Waals surface area contributed by atoms with Crippen molar-refractivity contribution in [3.05, 3.63) is 30.5 Å². The Morgan fingerprint density at radius 2 is 2.09 bits per heavy atom. The Morgan fingerprint density at radius 1 is 1.30 bits per heavy atom. The van der Waals surface area contributed by atoms with Crippen LogP contribution in [0.5, 0.6) is 0 Å². The number of oxazole rings is 1. The van der Waals surface area contributed by atoms with Crippen molar-refractivity contribution >= 4 is 15.9 Å². The molecule has 0 atom stereocenters. The molecule has 0 unspecified atom stereocenters. The molecule has 1 N–H and O–H groups in total. The molecule has 0 saturated carbocycles. The first kappa shape index (κ1) is 15.8. The fourth-order valence-corrected chi connectivity index (χ4v) is 3.86. The van der Waals surface area contributed by atoms with E-state index in [4.69, 9.17) is 13.6 Å². The van der Waals surface area contributed by atoms with E-state index in [1.165, 1.54) is 6.26 Å². The molecule has 9 heteroatoms. The van der Waals surface area contributed by atoms with Gasteiger partial charge in [-0.15, -0.1) is 0 Å². The number of nitrogens with one attached hydrogen (secondary N) is 1. The number of rotatable bonds is 5. The minimum atomic E-state index is -3.76. The fraction of sp³-hybridized carbons (Fsp3) is 0.429. The molecule has 8 nitrogen and oxygen atoms in total. The maximum absolute atomic E-state index is 12.2. The molecule has 0 spiro atoms. The topological polar surface area (TPSA) is 112 Å². The summed E-state index contributed by atoms with van der Waals surface area (Å²) in [5.74, 6) is -0.577. The quantitative estimate of drug-likeness (QED) is 0.876. The first-order chi connectivity index (χ1) is 11.1. The number of hydrogen-bond acceptors (Lipinski definition) is 7. The highest BCUT2D eigenvalue weighted by molar-refractivity contribution is 7.90. The SMILES string of the molecule is O=C(NS(=O)(=O)CC1CCOCC1)c1ncoc1-c1ccco1. The molecule has 0 radical (unpaired) electrons. The summed E-state index contributed by atoms with van der Waals surface area (Å²) in [6.07, 6.45) is 3.81. The molecule has 2 aromatic rings. The average molecular weight is 340 g/mol. The lowest BCUT2D eigenvalue weighted by Gasteiger charge is -2.21. The van der Waals surface area contributed by atoms with Gasteiger partial charge in [-0.1, -0.05) is 0 Å². The van der Waals surface area contributed by atoms with Gasteiger partial charge in [0.15, 0.2) is 17.8 Å². The van der Waals surface area contributed by atoms with E-state index in [-0.39, 0.29) is 23.1 Å². The zero-order valence-corrected chi connectivity index (χ0v) is 13.0. The molecule has 2 aromatic heterocycles. The van der Waals surface area contributed by atoms with Crippen molar-refractivity contribution in [2.75, 3.05) is 19.0 Å². The number of amides is 1. The zero-order chi connectivity index (χ0) is 16.3. The van der Waals surface area contributed by atoms with E-state index in [9.17, 15) is 13.2 Å². The van der Waals surface area contributed by atoms with Gasteiger partial charge in [0.05, 0.1) is 12.0 Å². The van der Waals surface area contributed by atoms with E-state index in [0.717, 1.165) is 6.39 Å². The minimum absolute atomic E-state index is 0.0177. The Morgan fingerprint density at radius 3 is 2.78 bits per heavy atom. The molecule has 0 aliphatic carbocycles. The second-order valence-electron chi connectivity index (χ2n) is 5.28. The molecule has 1 saturated heterocycles. The Labute approximate surface area is 132 Å². The van der Waals surface area contributed by atoms with Gasteiger partial charge < -0.3 is 13.6 Å². The Hall–Kier alpha value is -2.13. The van der Waals surface area contributed by atoms with Gasteiger partial charge in [-0.05, 0) is 30.9 Å². The molecule has 1 aliphatic heterocycles. The van der Waals surface area contributed by atoms with Crippen molar-refractivity contribution in [1.82, 2.24) is 9.71 Å². The lowest BCUT2D eigenvalue weighted by atomic mass is 10.0. The van der Waals surface area contributed by atoms with Crippen molar-refractivity contribution in [3.8, 4) is 11.5 Å². The molecule has 23 heavy (non-hydrogen) atoms. The molecule has 124 valence electrons. The molecular formula is C14H16N2O6S. The molecule has 1 amide bonds. The lowest BCUT2D eigenvalue weighted by Crippen LogP contribution is -2.36. The smallest absolute Gasteiger partial charge is 0.287 e. The van der Waals surface area contributed by atoms with Crippen LogP contribution in [0.3, 0.4) is 0 Å². The zero-order valence-electron chi connectivity index (χ0n) is 12.2. The van der Waals surface area contributed by atoms with Crippen LogP contribution in [0.1, 0.15) is 23.3 Å². The van der Waals surface area contributed by atoms with Crippen LogP contribution in [-0.4, -0.2) is 38.3 Å². The standard InChI is InChI=1S/C14H16N2O6S/c17-14(12-13(22-9-15-12)11-2-1-5-21-11)16-23(18,19)8-10-3-6-20-7-4-10/h1-2,5,9-10H,3-4,6-8H2,(H,16,17). The number of hydrogen-bond donors (Lipinski definition) is 1. The summed E-state index contributed by atoms with van der Waals surface area (Å²) in [5.41, 5.74) is -0.129. The van der Waals surface area contributed by atoms with Crippen LogP contribution in [-0.2, 0) is 14.8 Å². The van der Waals surface area contributed by atoms with Crippen LogP contribution >= 0.6 is 0 Å². The second kappa shape index (κ2) is 6.55. The van der Waals surface area contributed by atoms with Crippen LogP contribution < -0.4 is 4.72 Å². The van der Waals surface area contributed by atoms with Crippen LogP contribution in [0.2, 0.25) is 0 Å². The van der Waals surface area contributed by atoms with Crippen LogP contribution in [0.15, 0.2) is 33.6 Å². The van der Waals surface area contributed by atoms with E-state index in [2.05, 4.69) is 4.98 Å². The highest BCUT2D eigenvalue weighted by Crippen LogP contribution is 2.23. The normalized spacial score (nSPS) is 16.3. The van der Waals surface area contributed by atoms with Crippen molar-refractivity contribution in [1.29, 1.82) is 0 Å². The third-order valence-corrected chi connectivity index (χ3v) is 4.98. The number of carbonyl (C=O) groups excluding carboxylic acids is 1. The van der Waals surface area contributed by atoms with Crippen LogP contribution in [0.25, 0.3) is 11.5 Å². The van der Waals surface area contributed by atoms with Crippen molar-refractivity contribution in [2.24, 2.45) is 5.92 Å². The number of aromatic nitrogens is 1. The van der Waals surface area contributed by atoms with Gasteiger partial charge in [0.2, 0.25) is 15.8 Å². The number of furan rings is 1. The molecule has 1 aliphatic rings.